The Bertz CT molecular complexity index is 1090. The van der Waals surface area contributed by atoms with Gasteiger partial charge in [0.2, 0.25) is 5.91 Å². The molecule has 0 spiro atoms. The van der Waals surface area contributed by atoms with E-state index in [4.69, 9.17) is 11.6 Å². The molecule has 0 aliphatic carbocycles. The summed E-state index contributed by atoms with van der Waals surface area (Å²) < 4.78 is 31.2. The number of fused-ring (bicyclic) bond motifs is 1. The van der Waals surface area contributed by atoms with Crippen LogP contribution in [0.1, 0.15) is 12.5 Å². The molecule has 8 heteroatoms. The van der Waals surface area contributed by atoms with Gasteiger partial charge in [-0.1, -0.05) is 24.2 Å². The second-order valence-electron chi connectivity index (χ2n) is 6.63. The van der Waals surface area contributed by atoms with Crippen LogP contribution >= 0.6 is 11.6 Å². The number of rotatable bonds is 3. The number of imidazole rings is 1. The first-order chi connectivity index (χ1) is 13.4. The number of phenolic OH excluding ortho intramolecular Hbond substituents is 1. The van der Waals surface area contributed by atoms with E-state index < -0.39 is 17.4 Å². The molecule has 1 saturated heterocycles. The van der Waals surface area contributed by atoms with E-state index in [2.05, 4.69) is 11.6 Å². The summed E-state index contributed by atoms with van der Waals surface area (Å²) in [6.45, 7) is 4.50. The van der Waals surface area contributed by atoms with Crippen molar-refractivity contribution in [2.75, 3.05) is 13.1 Å². The van der Waals surface area contributed by atoms with Crippen LogP contribution < -0.4 is 0 Å². The van der Waals surface area contributed by atoms with Gasteiger partial charge in [0.25, 0.3) is 0 Å². The zero-order valence-corrected chi connectivity index (χ0v) is 15.5. The predicted octanol–water partition coefficient (Wildman–Crippen LogP) is 4.30. The van der Waals surface area contributed by atoms with Gasteiger partial charge >= 0.3 is 0 Å². The first kappa shape index (κ1) is 18.4. The van der Waals surface area contributed by atoms with Gasteiger partial charge in [0.05, 0.1) is 28.5 Å². The summed E-state index contributed by atoms with van der Waals surface area (Å²) in [5, 5.41) is 9.97. The fourth-order valence-corrected chi connectivity index (χ4v) is 3.96. The van der Waals surface area contributed by atoms with Gasteiger partial charge in [0.15, 0.2) is 5.82 Å². The first-order valence-electron chi connectivity index (χ1n) is 8.66. The van der Waals surface area contributed by atoms with Gasteiger partial charge in [0.1, 0.15) is 17.1 Å². The van der Waals surface area contributed by atoms with E-state index in [0.717, 1.165) is 6.07 Å². The van der Waals surface area contributed by atoms with Crippen LogP contribution in [0, 0.1) is 11.6 Å². The number of halogens is 3. The highest BCUT2D eigenvalue weighted by Crippen LogP contribution is 2.41. The van der Waals surface area contributed by atoms with E-state index in [1.54, 1.807) is 9.47 Å². The molecule has 2 aromatic carbocycles. The molecule has 1 atom stereocenters. The van der Waals surface area contributed by atoms with Crippen molar-refractivity contribution in [1.29, 1.82) is 0 Å². The van der Waals surface area contributed by atoms with Gasteiger partial charge in [0, 0.05) is 18.7 Å². The Labute approximate surface area is 164 Å². The Hall–Kier alpha value is -2.93. The van der Waals surface area contributed by atoms with Crippen molar-refractivity contribution in [3.8, 4) is 16.9 Å². The largest absolute Gasteiger partial charge is 0.507 e. The molecule has 2 heterocycles. The van der Waals surface area contributed by atoms with Gasteiger partial charge in [-0.3, -0.25) is 4.79 Å². The molecule has 1 aliphatic rings. The third-order valence-corrected chi connectivity index (χ3v) is 5.34. The summed E-state index contributed by atoms with van der Waals surface area (Å²) in [7, 11) is 0. The second kappa shape index (κ2) is 6.91. The van der Waals surface area contributed by atoms with Crippen molar-refractivity contribution in [3.05, 3.63) is 59.9 Å². The van der Waals surface area contributed by atoms with Gasteiger partial charge in [-0.15, -0.1) is 0 Å². The zero-order chi connectivity index (χ0) is 20.0. The lowest BCUT2D eigenvalue weighted by atomic mass is 10.0. The Morgan fingerprint density at radius 3 is 2.86 bits per heavy atom. The third-order valence-electron chi connectivity index (χ3n) is 5.05. The lowest BCUT2D eigenvalue weighted by Gasteiger charge is -2.16. The molecule has 1 aliphatic heterocycles. The minimum absolute atomic E-state index is 0.0237. The van der Waals surface area contributed by atoms with Crippen LogP contribution in [0.3, 0.4) is 0 Å². The van der Waals surface area contributed by atoms with Gasteiger partial charge in [-0.05, 0) is 30.7 Å². The average Bonchev–Trinajstić information content (AvgIpc) is 3.30. The second-order valence-corrected chi connectivity index (χ2v) is 7.04. The van der Waals surface area contributed by atoms with E-state index in [0.29, 0.717) is 25.0 Å². The van der Waals surface area contributed by atoms with Crippen LogP contribution in [-0.4, -0.2) is 38.6 Å². The number of likely N-dealkylation sites (tertiary alicyclic amines) is 1. The molecular weight excluding hydrogens is 388 g/mol. The Morgan fingerprint density at radius 2 is 2.14 bits per heavy atom. The highest BCUT2D eigenvalue weighted by atomic mass is 35.5. The standard InChI is InChI=1S/C20H16ClF2N3O2/c1-2-16(28)25-7-6-11(9-25)26-10-24-20-14(26)8-12(21)17(19(20)23)18-13(22)4-3-5-15(18)27/h2-5,8,10-11,27H,1,6-7,9H2. The maximum atomic E-state index is 15.2. The number of carbonyl (C=O) groups is 1. The highest BCUT2D eigenvalue weighted by molar-refractivity contribution is 6.34. The molecule has 1 fully saturated rings. The van der Waals surface area contributed by atoms with Crippen molar-refractivity contribution in [2.45, 2.75) is 12.5 Å². The number of hydrogen-bond acceptors (Lipinski definition) is 3. The van der Waals surface area contributed by atoms with Crippen LogP contribution in [0.15, 0.2) is 43.2 Å². The quantitative estimate of drug-likeness (QED) is 0.663. The number of nitrogens with zero attached hydrogens (tertiary/aromatic N) is 3. The molecule has 1 amide bonds. The van der Waals surface area contributed by atoms with Gasteiger partial charge in [-0.25, -0.2) is 13.8 Å². The van der Waals surface area contributed by atoms with Crippen molar-refractivity contribution in [3.63, 3.8) is 0 Å². The van der Waals surface area contributed by atoms with Gasteiger partial charge in [-0.2, -0.15) is 0 Å². The summed E-state index contributed by atoms with van der Waals surface area (Å²) in [5.41, 5.74) is -0.0643. The minimum atomic E-state index is -0.807. The van der Waals surface area contributed by atoms with Crippen LogP contribution in [0.5, 0.6) is 5.75 Å². The lowest BCUT2D eigenvalue weighted by Crippen LogP contribution is -2.27. The van der Waals surface area contributed by atoms with Crippen molar-refractivity contribution < 1.29 is 18.7 Å². The van der Waals surface area contributed by atoms with Crippen LogP contribution in [-0.2, 0) is 4.79 Å². The summed E-state index contributed by atoms with van der Waals surface area (Å²) in [5.74, 6) is -2.16. The lowest BCUT2D eigenvalue weighted by molar-refractivity contribution is -0.125. The van der Waals surface area contributed by atoms with E-state index >= 15 is 4.39 Å². The smallest absolute Gasteiger partial charge is 0.246 e. The van der Waals surface area contributed by atoms with E-state index in [-0.39, 0.29) is 33.6 Å². The molecule has 144 valence electrons. The van der Waals surface area contributed by atoms with E-state index in [9.17, 15) is 14.3 Å². The normalized spacial score (nSPS) is 16.7. The topological polar surface area (TPSA) is 58.4 Å². The van der Waals surface area contributed by atoms with E-state index in [1.807, 2.05) is 0 Å². The molecule has 0 saturated carbocycles. The monoisotopic (exact) mass is 403 g/mol. The Balaban J connectivity index is 1.81. The number of aromatic hydroxyl groups is 1. The molecule has 1 aromatic heterocycles. The fourth-order valence-electron chi connectivity index (χ4n) is 3.68. The number of benzene rings is 2. The Kier molecular flexibility index (Phi) is 4.55. The molecule has 0 radical (unpaired) electrons. The number of aromatic nitrogens is 2. The number of hydrogen-bond donors (Lipinski definition) is 1. The maximum Gasteiger partial charge on any atom is 0.246 e. The first-order valence-corrected chi connectivity index (χ1v) is 9.04. The molecule has 5 nitrogen and oxygen atoms in total. The number of carbonyl (C=O) groups excluding carboxylic acids is 1. The zero-order valence-electron chi connectivity index (χ0n) is 14.7. The van der Waals surface area contributed by atoms with Crippen molar-refractivity contribution >= 4 is 28.5 Å². The molecule has 4 rings (SSSR count). The summed E-state index contributed by atoms with van der Waals surface area (Å²) >= 11 is 6.29. The van der Waals surface area contributed by atoms with Crippen LogP contribution in [0.25, 0.3) is 22.2 Å². The van der Waals surface area contributed by atoms with E-state index in [1.165, 1.54) is 30.6 Å². The van der Waals surface area contributed by atoms with Gasteiger partial charge < -0.3 is 14.6 Å². The predicted molar refractivity (Wildman–Crippen MR) is 102 cm³/mol. The number of amides is 1. The molecular formula is C20H16ClF2N3O2. The van der Waals surface area contributed by atoms with Crippen molar-refractivity contribution in [1.82, 2.24) is 14.5 Å². The van der Waals surface area contributed by atoms with Crippen LogP contribution in [0.2, 0.25) is 5.02 Å². The third kappa shape index (κ3) is 2.82. The SMILES string of the molecule is C=CC(=O)N1CCC(n2cnc3c(F)c(-c4c(O)cccc4F)c(Cl)cc32)C1. The average molecular weight is 404 g/mol. The molecule has 3 aromatic rings. The van der Waals surface area contributed by atoms with Crippen LogP contribution in [0.4, 0.5) is 8.78 Å². The summed E-state index contributed by atoms with van der Waals surface area (Å²) in [4.78, 5) is 17.6. The highest BCUT2D eigenvalue weighted by Gasteiger charge is 2.29. The molecule has 0 bridgehead atoms. The number of phenols is 1. The minimum Gasteiger partial charge on any atom is -0.507 e. The maximum absolute atomic E-state index is 15.2. The molecule has 1 N–H and O–H groups in total. The van der Waals surface area contributed by atoms with Crippen molar-refractivity contribution in [2.24, 2.45) is 0 Å². The summed E-state index contributed by atoms with van der Waals surface area (Å²) in [6, 6.07) is 5.13. The summed E-state index contributed by atoms with van der Waals surface area (Å²) in [6.07, 6.45) is 3.43. The Morgan fingerprint density at radius 1 is 1.36 bits per heavy atom. The molecule has 1 unspecified atom stereocenters. The fraction of sp³-hybridized carbons (Fsp3) is 0.200. The molecule has 28 heavy (non-hydrogen) atoms.